The maximum Gasteiger partial charge on any atom is 0.127 e. The highest BCUT2D eigenvalue weighted by atomic mass is 15.1. The van der Waals surface area contributed by atoms with Crippen LogP contribution in [0.3, 0.4) is 0 Å². The quantitative estimate of drug-likeness (QED) is 0.788. The molecule has 3 aromatic rings. The number of nitrogens with one attached hydrogen (secondary N) is 1. The van der Waals surface area contributed by atoms with Gasteiger partial charge in [-0.05, 0) is 6.07 Å². The number of benzene rings is 1. The Labute approximate surface area is 116 Å². The Morgan fingerprint density at radius 2 is 2.15 bits per heavy atom. The minimum atomic E-state index is 0.540. The van der Waals surface area contributed by atoms with Crippen LogP contribution in [0.25, 0.3) is 10.9 Å². The molecule has 0 aliphatic rings. The summed E-state index contributed by atoms with van der Waals surface area (Å²) in [7, 11) is 1.94. The van der Waals surface area contributed by atoms with Crippen molar-refractivity contribution in [2.75, 3.05) is 5.32 Å². The van der Waals surface area contributed by atoms with E-state index in [-0.39, 0.29) is 0 Å². The molecule has 0 saturated heterocycles. The molecule has 3 rings (SSSR count). The molecule has 0 atom stereocenters. The van der Waals surface area contributed by atoms with Crippen molar-refractivity contribution >= 4 is 16.6 Å². The van der Waals surface area contributed by atoms with Crippen molar-refractivity contribution in [3.8, 4) is 6.07 Å². The SMILES string of the molecule is Cn1ccnc1CNc1c(C#N)cnc2ccccc12. The van der Waals surface area contributed by atoms with E-state index in [4.69, 9.17) is 0 Å². The van der Waals surface area contributed by atoms with Crippen molar-refractivity contribution in [2.45, 2.75) is 6.54 Å². The third-order valence-electron chi connectivity index (χ3n) is 3.24. The lowest BCUT2D eigenvalue weighted by Crippen LogP contribution is -2.07. The highest BCUT2D eigenvalue weighted by Gasteiger charge is 2.09. The van der Waals surface area contributed by atoms with Crippen LogP contribution < -0.4 is 5.32 Å². The minimum Gasteiger partial charge on any atom is -0.376 e. The highest BCUT2D eigenvalue weighted by Crippen LogP contribution is 2.25. The van der Waals surface area contributed by atoms with Gasteiger partial charge in [-0.2, -0.15) is 5.26 Å². The number of pyridine rings is 1. The number of fused-ring (bicyclic) bond motifs is 1. The van der Waals surface area contributed by atoms with Crippen molar-refractivity contribution in [3.63, 3.8) is 0 Å². The molecule has 98 valence electrons. The van der Waals surface area contributed by atoms with Gasteiger partial charge in [0.1, 0.15) is 11.9 Å². The molecule has 0 bridgehead atoms. The molecule has 5 nitrogen and oxygen atoms in total. The van der Waals surface area contributed by atoms with Crippen LogP contribution >= 0.6 is 0 Å². The summed E-state index contributed by atoms with van der Waals surface area (Å²) in [5.41, 5.74) is 2.22. The van der Waals surface area contributed by atoms with Gasteiger partial charge in [-0.3, -0.25) is 4.98 Å². The van der Waals surface area contributed by atoms with E-state index in [1.807, 2.05) is 42.1 Å². The molecule has 0 aliphatic heterocycles. The van der Waals surface area contributed by atoms with Crippen molar-refractivity contribution in [1.29, 1.82) is 5.26 Å². The summed E-state index contributed by atoms with van der Waals surface area (Å²) in [6.45, 7) is 0.562. The van der Waals surface area contributed by atoms with E-state index in [0.717, 1.165) is 22.4 Å². The predicted molar refractivity (Wildman–Crippen MR) is 77.0 cm³/mol. The monoisotopic (exact) mass is 263 g/mol. The molecule has 2 aromatic heterocycles. The molecule has 5 heteroatoms. The minimum absolute atomic E-state index is 0.540. The van der Waals surface area contributed by atoms with Crippen molar-refractivity contribution in [2.24, 2.45) is 7.05 Å². The van der Waals surface area contributed by atoms with Gasteiger partial charge in [-0.25, -0.2) is 4.98 Å². The van der Waals surface area contributed by atoms with Crippen molar-refractivity contribution in [3.05, 3.63) is 54.2 Å². The Kier molecular flexibility index (Phi) is 3.05. The van der Waals surface area contributed by atoms with Gasteiger partial charge in [-0.15, -0.1) is 0 Å². The second-order valence-corrected chi connectivity index (χ2v) is 4.48. The second kappa shape index (κ2) is 5.02. The molecule has 0 aliphatic carbocycles. The van der Waals surface area contributed by atoms with E-state index in [1.54, 1.807) is 12.4 Å². The molecule has 0 unspecified atom stereocenters. The Morgan fingerprint density at radius 1 is 1.30 bits per heavy atom. The van der Waals surface area contributed by atoms with Crippen LogP contribution in [0.5, 0.6) is 0 Å². The third kappa shape index (κ3) is 2.08. The predicted octanol–water partition coefficient (Wildman–Crippen LogP) is 2.45. The number of rotatable bonds is 3. The average molecular weight is 263 g/mol. The maximum atomic E-state index is 9.24. The van der Waals surface area contributed by atoms with Gasteiger partial charge in [0.15, 0.2) is 0 Å². The van der Waals surface area contributed by atoms with Gasteiger partial charge in [-0.1, -0.05) is 18.2 Å². The molecule has 0 fully saturated rings. The summed E-state index contributed by atoms with van der Waals surface area (Å²) < 4.78 is 1.95. The van der Waals surface area contributed by atoms with Crippen LogP contribution in [0.2, 0.25) is 0 Å². The van der Waals surface area contributed by atoms with Crippen LogP contribution in [0.15, 0.2) is 42.9 Å². The lowest BCUT2D eigenvalue weighted by atomic mass is 10.1. The maximum absolute atomic E-state index is 9.24. The Bertz CT molecular complexity index is 797. The molecule has 1 aromatic carbocycles. The number of nitrogens with zero attached hydrogens (tertiary/aromatic N) is 4. The fraction of sp³-hybridized carbons (Fsp3) is 0.133. The van der Waals surface area contributed by atoms with Gasteiger partial charge in [0.2, 0.25) is 0 Å². The molecular weight excluding hydrogens is 250 g/mol. The van der Waals surface area contributed by atoms with Crippen molar-refractivity contribution < 1.29 is 0 Å². The first-order chi connectivity index (χ1) is 9.79. The van der Waals surface area contributed by atoms with Gasteiger partial charge in [0.05, 0.1) is 23.3 Å². The lowest BCUT2D eigenvalue weighted by molar-refractivity contribution is 0.813. The number of aryl methyl sites for hydroxylation is 1. The van der Waals surface area contributed by atoms with Crippen LogP contribution in [-0.2, 0) is 13.6 Å². The number of hydrogen-bond acceptors (Lipinski definition) is 4. The summed E-state index contributed by atoms with van der Waals surface area (Å²) >= 11 is 0. The van der Waals surface area contributed by atoms with Gasteiger partial charge >= 0.3 is 0 Å². The van der Waals surface area contributed by atoms with Crippen LogP contribution in [0, 0.1) is 11.3 Å². The number of nitriles is 1. The Hall–Kier alpha value is -2.87. The normalized spacial score (nSPS) is 10.4. The zero-order chi connectivity index (χ0) is 13.9. The smallest absolute Gasteiger partial charge is 0.127 e. The fourth-order valence-corrected chi connectivity index (χ4v) is 2.15. The number of hydrogen-bond donors (Lipinski definition) is 1. The molecule has 0 radical (unpaired) electrons. The summed E-state index contributed by atoms with van der Waals surface area (Å²) in [5.74, 6) is 0.912. The molecule has 2 heterocycles. The molecule has 0 amide bonds. The van der Waals surface area contributed by atoms with Gasteiger partial charge in [0.25, 0.3) is 0 Å². The first-order valence-corrected chi connectivity index (χ1v) is 6.27. The highest BCUT2D eigenvalue weighted by molar-refractivity contribution is 5.93. The number of imidazole rings is 1. The Morgan fingerprint density at radius 3 is 2.90 bits per heavy atom. The average Bonchev–Trinajstić information content (AvgIpc) is 2.90. The number of aromatic nitrogens is 3. The van der Waals surface area contributed by atoms with E-state index in [1.165, 1.54) is 0 Å². The molecule has 0 spiro atoms. The topological polar surface area (TPSA) is 66.5 Å². The lowest BCUT2D eigenvalue weighted by Gasteiger charge is -2.11. The number of para-hydroxylation sites is 1. The van der Waals surface area contributed by atoms with Crippen LogP contribution in [0.4, 0.5) is 5.69 Å². The second-order valence-electron chi connectivity index (χ2n) is 4.48. The van der Waals surface area contributed by atoms with E-state index in [9.17, 15) is 5.26 Å². The van der Waals surface area contributed by atoms with Crippen LogP contribution in [0.1, 0.15) is 11.4 Å². The summed E-state index contributed by atoms with van der Waals surface area (Å²) in [5, 5.41) is 13.5. The summed E-state index contributed by atoms with van der Waals surface area (Å²) in [6.07, 6.45) is 5.25. The van der Waals surface area contributed by atoms with Gasteiger partial charge in [0, 0.05) is 31.0 Å². The summed E-state index contributed by atoms with van der Waals surface area (Å²) in [6, 6.07) is 9.95. The fourth-order valence-electron chi connectivity index (χ4n) is 2.15. The van der Waals surface area contributed by atoms with Crippen molar-refractivity contribution in [1.82, 2.24) is 14.5 Å². The van der Waals surface area contributed by atoms with Crippen LogP contribution in [-0.4, -0.2) is 14.5 Å². The molecular formula is C15H13N5. The zero-order valence-corrected chi connectivity index (χ0v) is 11.0. The van der Waals surface area contributed by atoms with E-state index >= 15 is 0 Å². The molecule has 20 heavy (non-hydrogen) atoms. The van der Waals surface area contributed by atoms with E-state index in [0.29, 0.717) is 12.1 Å². The third-order valence-corrected chi connectivity index (χ3v) is 3.24. The van der Waals surface area contributed by atoms with E-state index < -0.39 is 0 Å². The molecule has 1 N–H and O–H groups in total. The molecule has 0 saturated carbocycles. The first kappa shape index (κ1) is 12.2. The Balaban J connectivity index is 2.01. The summed E-state index contributed by atoms with van der Waals surface area (Å²) in [4.78, 5) is 8.56. The van der Waals surface area contributed by atoms with E-state index in [2.05, 4.69) is 21.4 Å². The van der Waals surface area contributed by atoms with Gasteiger partial charge < -0.3 is 9.88 Å². The number of anilines is 1. The zero-order valence-electron chi connectivity index (χ0n) is 11.0. The standard InChI is InChI=1S/C15H13N5/c1-20-7-6-17-14(20)10-19-15-11(8-16)9-18-13-5-3-2-4-12(13)15/h2-7,9H,10H2,1H3,(H,18,19). The first-order valence-electron chi connectivity index (χ1n) is 6.27. The largest absolute Gasteiger partial charge is 0.376 e.